The maximum Gasteiger partial charge on any atom is 0.339 e. The molecule has 2 N–H and O–H groups in total. The zero-order valence-corrected chi connectivity index (χ0v) is 14.4. The summed E-state index contributed by atoms with van der Waals surface area (Å²) in [5.74, 6) is -0.759. The Hall–Kier alpha value is -2.30. The Morgan fingerprint density at radius 3 is 2.38 bits per heavy atom. The molecule has 0 aliphatic rings. The summed E-state index contributed by atoms with van der Waals surface area (Å²) in [6.45, 7) is -0.122. The van der Waals surface area contributed by atoms with Crippen LogP contribution in [0.2, 0.25) is 0 Å². The van der Waals surface area contributed by atoms with Crippen LogP contribution in [0, 0.1) is 10.1 Å². The van der Waals surface area contributed by atoms with E-state index in [-0.39, 0.29) is 22.8 Å². The molecule has 0 unspecified atom stereocenters. The number of nitrogens with two attached hydrogens (primary N) is 1. The largest absolute Gasteiger partial charge is 0.457 e. The van der Waals surface area contributed by atoms with Gasteiger partial charge < -0.3 is 4.74 Å². The summed E-state index contributed by atoms with van der Waals surface area (Å²) in [7, 11) is -3.95. The fourth-order valence-corrected chi connectivity index (χ4v) is 2.73. The predicted octanol–water partition coefficient (Wildman–Crippen LogP) is 2.36. The normalized spacial score (nSPS) is 11.1. The van der Waals surface area contributed by atoms with Gasteiger partial charge >= 0.3 is 5.97 Å². The molecular weight excluding hydrogens is 404 g/mol. The SMILES string of the molecule is NS(=O)(=O)c1ccc(Br)c(C(=O)OCc2ccc([N+](=O)[O-])cc2)c1. The Balaban J connectivity index is 2.14. The highest BCUT2D eigenvalue weighted by molar-refractivity contribution is 9.10. The highest BCUT2D eigenvalue weighted by atomic mass is 79.9. The van der Waals surface area contributed by atoms with Gasteiger partial charge in [-0.2, -0.15) is 0 Å². The number of nitro benzene ring substituents is 1. The number of hydrogen-bond donors (Lipinski definition) is 1. The van der Waals surface area contributed by atoms with E-state index in [0.717, 1.165) is 6.07 Å². The van der Waals surface area contributed by atoms with Crippen LogP contribution in [-0.2, 0) is 21.4 Å². The second kappa shape index (κ2) is 7.07. The number of sulfonamides is 1. The lowest BCUT2D eigenvalue weighted by atomic mass is 10.2. The highest BCUT2D eigenvalue weighted by Crippen LogP contribution is 2.22. The van der Waals surface area contributed by atoms with Crippen LogP contribution in [0.3, 0.4) is 0 Å². The monoisotopic (exact) mass is 414 g/mol. The Labute approximate surface area is 145 Å². The van der Waals surface area contributed by atoms with Crippen molar-refractivity contribution in [2.75, 3.05) is 0 Å². The number of non-ortho nitro benzene ring substituents is 1. The van der Waals surface area contributed by atoms with Crippen molar-refractivity contribution in [3.8, 4) is 0 Å². The third-order valence-electron chi connectivity index (χ3n) is 3.00. The van der Waals surface area contributed by atoms with Crippen LogP contribution in [0.15, 0.2) is 51.8 Å². The van der Waals surface area contributed by atoms with Gasteiger partial charge in [-0.15, -0.1) is 0 Å². The smallest absolute Gasteiger partial charge is 0.339 e. The number of esters is 1. The van der Waals surface area contributed by atoms with Gasteiger partial charge in [0, 0.05) is 16.6 Å². The van der Waals surface area contributed by atoms with E-state index in [4.69, 9.17) is 9.88 Å². The zero-order chi connectivity index (χ0) is 17.9. The summed E-state index contributed by atoms with van der Waals surface area (Å²) >= 11 is 3.14. The molecule has 0 spiro atoms. The summed E-state index contributed by atoms with van der Waals surface area (Å²) in [4.78, 5) is 21.9. The summed E-state index contributed by atoms with van der Waals surface area (Å²) in [5.41, 5.74) is 0.477. The van der Waals surface area contributed by atoms with E-state index in [2.05, 4.69) is 15.9 Å². The summed E-state index contributed by atoms with van der Waals surface area (Å²) in [5, 5.41) is 15.6. The van der Waals surface area contributed by atoms with Gasteiger partial charge in [-0.05, 0) is 51.8 Å². The molecule has 0 saturated heterocycles. The van der Waals surface area contributed by atoms with Crippen molar-refractivity contribution < 1.29 is 22.9 Å². The minimum Gasteiger partial charge on any atom is -0.457 e. The molecule has 8 nitrogen and oxygen atoms in total. The Kier molecular flexibility index (Phi) is 5.32. The van der Waals surface area contributed by atoms with Gasteiger partial charge in [-0.1, -0.05) is 0 Å². The lowest BCUT2D eigenvalue weighted by Gasteiger charge is -2.08. The number of carbonyl (C=O) groups excluding carboxylic acids is 1. The average Bonchev–Trinajstić information content (AvgIpc) is 2.52. The number of nitro groups is 1. The first-order chi connectivity index (χ1) is 11.2. The third kappa shape index (κ3) is 4.37. The van der Waals surface area contributed by atoms with Crippen LogP contribution in [0.1, 0.15) is 15.9 Å². The highest BCUT2D eigenvalue weighted by Gasteiger charge is 2.17. The molecule has 0 bridgehead atoms. The molecule has 24 heavy (non-hydrogen) atoms. The number of carbonyl (C=O) groups is 1. The Morgan fingerprint density at radius 2 is 1.83 bits per heavy atom. The standard InChI is InChI=1S/C14H11BrN2O6S/c15-13-6-5-11(24(16,21)22)7-12(13)14(18)23-8-9-1-3-10(4-2-9)17(19)20/h1-7H,8H2,(H2,16,21,22). The van der Waals surface area contributed by atoms with E-state index in [9.17, 15) is 23.3 Å². The number of benzene rings is 2. The zero-order valence-electron chi connectivity index (χ0n) is 12.0. The van der Waals surface area contributed by atoms with Gasteiger partial charge in [0.2, 0.25) is 10.0 Å². The average molecular weight is 415 g/mol. The van der Waals surface area contributed by atoms with Crippen LogP contribution in [-0.4, -0.2) is 19.3 Å². The number of hydrogen-bond acceptors (Lipinski definition) is 6. The lowest BCUT2D eigenvalue weighted by molar-refractivity contribution is -0.384. The molecule has 0 aliphatic carbocycles. The molecule has 126 valence electrons. The van der Waals surface area contributed by atoms with Crippen LogP contribution < -0.4 is 5.14 Å². The molecule has 2 aromatic carbocycles. The van der Waals surface area contributed by atoms with E-state index in [1.165, 1.54) is 36.4 Å². The third-order valence-corrected chi connectivity index (χ3v) is 4.61. The lowest BCUT2D eigenvalue weighted by Crippen LogP contribution is -2.14. The number of nitrogens with zero attached hydrogens (tertiary/aromatic N) is 1. The number of primary sulfonamides is 1. The molecule has 0 aliphatic heterocycles. The number of halogens is 1. The van der Waals surface area contributed by atoms with Crippen molar-refractivity contribution in [1.29, 1.82) is 0 Å². The second-order valence-corrected chi connectivity index (χ2v) is 7.10. The van der Waals surface area contributed by atoms with Crippen molar-refractivity contribution in [3.05, 3.63) is 68.2 Å². The molecule has 0 heterocycles. The van der Waals surface area contributed by atoms with Gasteiger partial charge in [0.25, 0.3) is 5.69 Å². The van der Waals surface area contributed by atoms with Gasteiger partial charge in [0.1, 0.15) is 6.61 Å². The van der Waals surface area contributed by atoms with Crippen LogP contribution in [0.4, 0.5) is 5.69 Å². The van der Waals surface area contributed by atoms with Crippen molar-refractivity contribution in [2.24, 2.45) is 5.14 Å². The topological polar surface area (TPSA) is 130 Å². The first kappa shape index (κ1) is 18.0. The van der Waals surface area contributed by atoms with Crippen LogP contribution in [0.25, 0.3) is 0 Å². The number of ether oxygens (including phenoxy) is 1. The minimum absolute atomic E-state index is 0.00318. The molecule has 0 fully saturated rings. The van der Waals surface area contributed by atoms with E-state index < -0.39 is 20.9 Å². The van der Waals surface area contributed by atoms with E-state index in [1.54, 1.807) is 0 Å². The van der Waals surface area contributed by atoms with Gasteiger partial charge in [0.05, 0.1) is 15.4 Å². The van der Waals surface area contributed by atoms with E-state index in [0.29, 0.717) is 10.0 Å². The van der Waals surface area contributed by atoms with Gasteiger partial charge in [-0.25, -0.2) is 18.4 Å². The molecule has 0 atom stereocenters. The molecule has 2 aromatic rings. The van der Waals surface area contributed by atoms with Gasteiger partial charge in [0.15, 0.2) is 0 Å². The van der Waals surface area contributed by atoms with Crippen molar-refractivity contribution >= 4 is 37.6 Å². The molecule has 0 amide bonds. The summed E-state index contributed by atoms with van der Waals surface area (Å²) in [6.07, 6.45) is 0. The second-order valence-electron chi connectivity index (χ2n) is 4.69. The first-order valence-corrected chi connectivity index (χ1v) is 8.75. The molecule has 0 aromatic heterocycles. The van der Waals surface area contributed by atoms with Crippen LogP contribution >= 0.6 is 15.9 Å². The molecule has 2 rings (SSSR count). The number of rotatable bonds is 5. The fourth-order valence-electron chi connectivity index (χ4n) is 1.78. The van der Waals surface area contributed by atoms with Crippen molar-refractivity contribution in [2.45, 2.75) is 11.5 Å². The summed E-state index contributed by atoms with van der Waals surface area (Å²) in [6, 6.07) is 9.25. The predicted molar refractivity (Wildman–Crippen MR) is 87.7 cm³/mol. The van der Waals surface area contributed by atoms with Crippen molar-refractivity contribution in [1.82, 2.24) is 0 Å². The van der Waals surface area contributed by atoms with E-state index in [1.807, 2.05) is 0 Å². The maximum absolute atomic E-state index is 12.1. The Morgan fingerprint density at radius 1 is 1.21 bits per heavy atom. The molecule has 0 radical (unpaired) electrons. The summed E-state index contributed by atoms with van der Waals surface area (Å²) < 4.78 is 28.1. The molecule has 0 saturated carbocycles. The van der Waals surface area contributed by atoms with Gasteiger partial charge in [-0.3, -0.25) is 10.1 Å². The molecular formula is C14H11BrN2O6S. The Bertz CT molecular complexity index is 896. The minimum atomic E-state index is -3.95. The quantitative estimate of drug-likeness (QED) is 0.453. The fraction of sp³-hybridized carbons (Fsp3) is 0.0714. The van der Waals surface area contributed by atoms with E-state index >= 15 is 0 Å². The van der Waals surface area contributed by atoms with Crippen LogP contribution in [0.5, 0.6) is 0 Å². The maximum atomic E-state index is 12.1. The molecule has 10 heteroatoms. The first-order valence-electron chi connectivity index (χ1n) is 6.41. The van der Waals surface area contributed by atoms with Crippen molar-refractivity contribution in [3.63, 3.8) is 0 Å².